The molecule has 3 unspecified atom stereocenters. The van der Waals surface area contributed by atoms with Crippen molar-refractivity contribution in [2.45, 2.75) is 38.7 Å². The minimum atomic E-state index is -0.644. The Kier molecular flexibility index (Phi) is 7.85. The zero-order valence-electron chi connectivity index (χ0n) is 17.6. The molecule has 0 aromatic heterocycles. The number of rotatable bonds is 8. The van der Waals surface area contributed by atoms with E-state index in [2.05, 4.69) is 11.9 Å². The SMILES string of the molecule is C=C(C)C(=O)OC(CC)C1NCCOC1Oc1ccc(C(=O)c2ccc(Cl)cc2)cc1. The lowest BCUT2D eigenvalue weighted by atomic mass is 10.0. The zero-order chi connectivity index (χ0) is 22.4. The number of morpholine rings is 1. The lowest BCUT2D eigenvalue weighted by Crippen LogP contribution is -2.57. The van der Waals surface area contributed by atoms with Crippen molar-refractivity contribution in [3.63, 3.8) is 0 Å². The number of ether oxygens (including phenoxy) is 3. The standard InChI is InChI=1S/C24H26ClNO5/c1-4-20(31-23(28)15(2)3)21-24(29-14-13-26-21)30-19-11-7-17(8-12-19)22(27)16-5-9-18(25)10-6-16/h5-12,20-21,24,26H,2,4,13-14H2,1,3H3. The van der Waals surface area contributed by atoms with Crippen molar-refractivity contribution in [1.82, 2.24) is 5.32 Å². The molecular weight excluding hydrogens is 418 g/mol. The van der Waals surface area contributed by atoms with Crippen LogP contribution in [0.15, 0.2) is 60.7 Å². The van der Waals surface area contributed by atoms with Crippen LogP contribution in [0, 0.1) is 0 Å². The van der Waals surface area contributed by atoms with Crippen molar-refractivity contribution in [2.75, 3.05) is 13.2 Å². The second-order valence-corrected chi connectivity index (χ2v) is 7.77. The molecule has 7 heteroatoms. The average Bonchev–Trinajstić information content (AvgIpc) is 2.78. The maximum Gasteiger partial charge on any atom is 0.333 e. The normalized spacial score (nSPS) is 19.3. The minimum absolute atomic E-state index is 0.102. The van der Waals surface area contributed by atoms with Crippen molar-refractivity contribution >= 4 is 23.4 Å². The third kappa shape index (κ3) is 5.94. The zero-order valence-corrected chi connectivity index (χ0v) is 18.4. The molecule has 0 radical (unpaired) electrons. The molecule has 1 aliphatic rings. The Morgan fingerprint density at radius 1 is 1.16 bits per heavy atom. The van der Waals surface area contributed by atoms with E-state index < -0.39 is 18.4 Å². The molecule has 0 bridgehead atoms. The smallest absolute Gasteiger partial charge is 0.333 e. The number of esters is 1. The maximum absolute atomic E-state index is 12.6. The number of hydrogen-bond donors (Lipinski definition) is 1. The van der Waals surface area contributed by atoms with Gasteiger partial charge < -0.3 is 19.5 Å². The summed E-state index contributed by atoms with van der Waals surface area (Å²) in [6.45, 7) is 8.27. The molecule has 1 heterocycles. The van der Waals surface area contributed by atoms with Crippen LogP contribution in [0.4, 0.5) is 0 Å². The van der Waals surface area contributed by atoms with Crippen molar-refractivity contribution < 1.29 is 23.8 Å². The molecule has 0 aliphatic carbocycles. The first-order chi connectivity index (χ1) is 14.9. The fourth-order valence-corrected chi connectivity index (χ4v) is 3.38. The minimum Gasteiger partial charge on any atom is -0.463 e. The molecule has 1 saturated heterocycles. The van der Waals surface area contributed by atoms with Crippen molar-refractivity contribution in [1.29, 1.82) is 0 Å². The van der Waals surface area contributed by atoms with Crippen LogP contribution < -0.4 is 10.1 Å². The van der Waals surface area contributed by atoms with Gasteiger partial charge in [0.1, 0.15) is 17.9 Å². The predicted octanol–water partition coefficient (Wildman–Crippen LogP) is 4.16. The number of benzene rings is 2. The molecule has 1 N–H and O–H groups in total. The van der Waals surface area contributed by atoms with Gasteiger partial charge in [0.2, 0.25) is 6.29 Å². The highest BCUT2D eigenvalue weighted by Gasteiger charge is 2.36. The van der Waals surface area contributed by atoms with Crippen LogP contribution in [0.3, 0.4) is 0 Å². The number of halogens is 1. The molecule has 1 aliphatic heterocycles. The fourth-order valence-electron chi connectivity index (χ4n) is 3.25. The van der Waals surface area contributed by atoms with E-state index in [9.17, 15) is 9.59 Å². The van der Waals surface area contributed by atoms with Gasteiger partial charge in [-0.3, -0.25) is 4.79 Å². The van der Waals surface area contributed by atoms with E-state index in [-0.39, 0.29) is 11.8 Å². The quantitative estimate of drug-likeness (QED) is 0.375. The third-order valence-corrected chi connectivity index (χ3v) is 5.19. The largest absolute Gasteiger partial charge is 0.463 e. The van der Waals surface area contributed by atoms with Crippen LogP contribution >= 0.6 is 11.6 Å². The van der Waals surface area contributed by atoms with Crippen molar-refractivity contribution in [3.8, 4) is 5.75 Å². The number of carbonyl (C=O) groups excluding carboxylic acids is 2. The monoisotopic (exact) mass is 443 g/mol. The number of ketones is 1. The van der Waals surface area contributed by atoms with Gasteiger partial charge in [-0.2, -0.15) is 0 Å². The first-order valence-corrected chi connectivity index (χ1v) is 10.5. The van der Waals surface area contributed by atoms with E-state index in [1.165, 1.54) is 0 Å². The van der Waals surface area contributed by atoms with Gasteiger partial charge >= 0.3 is 5.97 Å². The lowest BCUT2D eigenvalue weighted by Gasteiger charge is -2.36. The molecule has 164 valence electrons. The van der Waals surface area contributed by atoms with Gasteiger partial charge in [-0.1, -0.05) is 25.1 Å². The molecule has 2 aromatic rings. The van der Waals surface area contributed by atoms with Gasteiger partial charge in [0.05, 0.1) is 6.61 Å². The molecule has 6 nitrogen and oxygen atoms in total. The Labute approximate surface area is 187 Å². The third-order valence-electron chi connectivity index (χ3n) is 4.94. The van der Waals surface area contributed by atoms with E-state index in [1.807, 2.05) is 6.92 Å². The molecule has 0 amide bonds. The Balaban J connectivity index is 1.69. The van der Waals surface area contributed by atoms with E-state index in [4.69, 9.17) is 25.8 Å². The summed E-state index contributed by atoms with van der Waals surface area (Å²) in [5.74, 6) is 0.00454. The summed E-state index contributed by atoms with van der Waals surface area (Å²) in [6.07, 6.45) is -0.483. The van der Waals surface area contributed by atoms with Gasteiger partial charge in [-0.15, -0.1) is 0 Å². The van der Waals surface area contributed by atoms with Crippen LogP contribution in [0.2, 0.25) is 5.02 Å². The van der Waals surface area contributed by atoms with E-state index in [0.29, 0.717) is 47.0 Å². The first-order valence-electron chi connectivity index (χ1n) is 10.2. The molecule has 3 rings (SSSR count). The summed E-state index contributed by atoms with van der Waals surface area (Å²) < 4.78 is 17.4. The highest BCUT2D eigenvalue weighted by atomic mass is 35.5. The van der Waals surface area contributed by atoms with Gasteiger partial charge in [-0.05, 0) is 61.9 Å². The van der Waals surface area contributed by atoms with Crippen LogP contribution in [0.5, 0.6) is 5.75 Å². The van der Waals surface area contributed by atoms with Crippen LogP contribution in [0.25, 0.3) is 0 Å². The average molecular weight is 444 g/mol. The fraction of sp³-hybridized carbons (Fsp3) is 0.333. The maximum atomic E-state index is 12.6. The predicted molar refractivity (Wildman–Crippen MR) is 118 cm³/mol. The van der Waals surface area contributed by atoms with Crippen LogP contribution in [-0.2, 0) is 14.3 Å². The number of carbonyl (C=O) groups is 2. The summed E-state index contributed by atoms with van der Waals surface area (Å²) in [6, 6.07) is 13.3. The Morgan fingerprint density at radius 3 is 2.35 bits per heavy atom. The summed E-state index contributed by atoms with van der Waals surface area (Å²) in [5, 5.41) is 3.90. The number of hydrogen-bond acceptors (Lipinski definition) is 6. The van der Waals surface area contributed by atoms with E-state index >= 15 is 0 Å². The lowest BCUT2D eigenvalue weighted by molar-refractivity contribution is -0.167. The van der Waals surface area contributed by atoms with Gasteiger partial charge in [0.25, 0.3) is 0 Å². The molecule has 3 atom stereocenters. The molecule has 0 spiro atoms. The second-order valence-electron chi connectivity index (χ2n) is 7.33. The topological polar surface area (TPSA) is 73.9 Å². The summed E-state index contributed by atoms with van der Waals surface area (Å²) in [5.41, 5.74) is 1.44. The van der Waals surface area contributed by atoms with Crippen molar-refractivity contribution in [3.05, 3.63) is 76.8 Å². The van der Waals surface area contributed by atoms with E-state index in [1.54, 1.807) is 55.5 Å². The number of nitrogens with one attached hydrogen (secondary N) is 1. The molecule has 31 heavy (non-hydrogen) atoms. The first kappa shape index (κ1) is 23.0. The second kappa shape index (κ2) is 10.6. The van der Waals surface area contributed by atoms with Crippen LogP contribution in [0.1, 0.15) is 36.2 Å². The molecule has 0 saturated carbocycles. The summed E-state index contributed by atoms with van der Waals surface area (Å²) in [4.78, 5) is 24.6. The van der Waals surface area contributed by atoms with Crippen LogP contribution in [-0.4, -0.2) is 43.3 Å². The molecule has 1 fully saturated rings. The Hall–Kier alpha value is -2.67. The highest BCUT2D eigenvalue weighted by Crippen LogP contribution is 2.22. The molecule has 2 aromatic carbocycles. The summed E-state index contributed by atoms with van der Waals surface area (Å²) in [7, 11) is 0. The Morgan fingerprint density at radius 2 is 1.77 bits per heavy atom. The summed E-state index contributed by atoms with van der Waals surface area (Å²) >= 11 is 5.89. The Bertz CT molecular complexity index is 926. The van der Waals surface area contributed by atoms with Gasteiger partial charge in [0.15, 0.2) is 5.78 Å². The van der Waals surface area contributed by atoms with E-state index in [0.717, 1.165) is 0 Å². The van der Waals surface area contributed by atoms with Gasteiger partial charge in [0, 0.05) is 28.3 Å². The van der Waals surface area contributed by atoms with Crippen molar-refractivity contribution in [2.24, 2.45) is 0 Å². The highest BCUT2D eigenvalue weighted by molar-refractivity contribution is 6.30. The molecular formula is C24H26ClNO5. The van der Waals surface area contributed by atoms with Gasteiger partial charge in [-0.25, -0.2) is 4.79 Å².